The van der Waals surface area contributed by atoms with Gasteiger partial charge in [-0.2, -0.15) is 0 Å². The average Bonchev–Trinajstić information content (AvgIpc) is 2.53. The molecule has 0 aromatic heterocycles. The molecule has 1 aromatic carbocycles. The van der Waals surface area contributed by atoms with Gasteiger partial charge >= 0.3 is 5.97 Å². The Labute approximate surface area is 130 Å². The van der Waals surface area contributed by atoms with Crippen LogP contribution in [0.3, 0.4) is 0 Å². The minimum atomic E-state index is -0.224. The number of nitrogens with zero attached hydrogens (tertiary/aromatic N) is 1. The van der Waals surface area contributed by atoms with E-state index in [0.717, 1.165) is 24.9 Å². The van der Waals surface area contributed by atoms with E-state index in [-0.39, 0.29) is 17.8 Å². The molecule has 0 saturated carbocycles. The zero-order chi connectivity index (χ0) is 15.2. The number of benzene rings is 1. The van der Waals surface area contributed by atoms with Crippen molar-refractivity contribution in [1.82, 2.24) is 4.90 Å². The van der Waals surface area contributed by atoms with Crippen LogP contribution in [0.2, 0.25) is 5.02 Å². The van der Waals surface area contributed by atoms with E-state index in [2.05, 4.69) is 0 Å². The molecule has 1 aliphatic heterocycles. The number of likely N-dealkylation sites (tertiary alicyclic amines) is 1. The van der Waals surface area contributed by atoms with Crippen molar-refractivity contribution in [2.75, 3.05) is 20.2 Å². The van der Waals surface area contributed by atoms with Gasteiger partial charge < -0.3 is 9.64 Å². The fraction of sp³-hybridized carbons (Fsp3) is 0.500. The number of amides is 1. The molecule has 1 atom stereocenters. The van der Waals surface area contributed by atoms with Crippen molar-refractivity contribution < 1.29 is 14.3 Å². The fourth-order valence-electron chi connectivity index (χ4n) is 2.66. The SMILES string of the molecule is COC(=O)C1CCCN(C(=O)CCc2ccccc2Cl)C1. The van der Waals surface area contributed by atoms with Gasteiger partial charge in [-0.05, 0) is 30.9 Å². The summed E-state index contributed by atoms with van der Waals surface area (Å²) in [5.74, 6) is -0.338. The third kappa shape index (κ3) is 4.21. The summed E-state index contributed by atoms with van der Waals surface area (Å²) in [7, 11) is 1.39. The fourth-order valence-corrected chi connectivity index (χ4v) is 2.89. The lowest BCUT2D eigenvalue weighted by Gasteiger charge is -2.31. The maximum atomic E-state index is 12.3. The molecular formula is C16H20ClNO3. The number of ether oxygens (including phenoxy) is 1. The monoisotopic (exact) mass is 309 g/mol. The molecule has 0 N–H and O–H groups in total. The van der Waals surface area contributed by atoms with Crippen molar-refractivity contribution in [3.63, 3.8) is 0 Å². The number of esters is 1. The third-order valence-electron chi connectivity index (χ3n) is 3.87. The number of aryl methyl sites for hydroxylation is 1. The quantitative estimate of drug-likeness (QED) is 0.803. The van der Waals surface area contributed by atoms with E-state index in [1.54, 1.807) is 4.90 Å². The van der Waals surface area contributed by atoms with Crippen molar-refractivity contribution in [3.05, 3.63) is 34.9 Å². The molecule has 0 spiro atoms. The highest BCUT2D eigenvalue weighted by molar-refractivity contribution is 6.31. The maximum absolute atomic E-state index is 12.3. The Kier molecular flexibility index (Phi) is 5.62. The Morgan fingerprint density at radius 1 is 1.38 bits per heavy atom. The first-order chi connectivity index (χ1) is 10.1. The molecule has 1 unspecified atom stereocenters. The Hall–Kier alpha value is -1.55. The molecule has 1 heterocycles. The minimum absolute atomic E-state index is 0.0727. The lowest BCUT2D eigenvalue weighted by Crippen LogP contribution is -2.42. The lowest BCUT2D eigenvalue weighted by molar-refractivity contribution is -0.149. The van der Waals surface area contributed by atoms with Gasteiger partial charge in [0.1, 0.15) is 0 Å². The van der Waals surface area contributed by atoms with Crippen LogP contribution in [0, 0.1) is 5.92 Å². The highest BCUT2D eigenvalue weighted by Gasteiger charge is 2.28. The van der Waals surface area contributed by atoms with Gasteiger partial charge in [-0.1, -0.05) is 29.8 Å². The maximum Gasteiger partial charge on any atom is 0.310 e. The summed E-state index contributed by atoms with van der Waals surface area (Å²) >= 11 is 6.09. The molecule has 1 aromatic rings. The van der Waals surface area contributed by atoms with E-state index in [1.807, 2.05) is 24.3 Å². The highest BCUT2D eigenvalue weighted by atomic mass is 35.5. The molecule has 1 fully saturated rings. The molecule has 114 valence electrons. The first-order valence-corrected chi connectivity index (χ1v) is 7.58. The summed E-state index contributed by atoms with van der Waals surface area (Å²) in [6.45, 7) is 1.18. The van der Waals surface area contributed by atoms with Gasteiger partial charge in [0.05, 0.1) is 13.0 Å². The number of carbonyl (C=O) groups excluding carboxylic acids is 2. The summed E-state index contributed by atoms with van der Waals surface area (Å²) < 4.78 is 4.77. The topological polar surface area (TPSA) is 46.6 Å². The number of methoxy groups -OCH3 is 1. The summed E-state index contributed by atoms with van der Waals surface area (Å²) in [5.41, 5.74) is 0.981. The molecular weight excluding hydrogens is 290 g/mol. The van der Waals surface area contributed by atoms with Crippen LogP contribution in [0.4, 0.5) is 0 Å². The van der Waals surface area contributed by atoms with Crippen LogP contribution in [-0.2, 0) is 20.7 Å². The van der Waals surface area contributed by atoms with E-state index in [4.69, 9.17) is 16.3 Å². The van der Waals surface area contributed by atoms with Crippen molar-refractivity contribution in [2.45, 2.75) is 25.7 Å². The molecule has 0 bridgehead atoms. The zero-order valence-electron chi connectivity index (χ0n) is 12.2. The molecule has 21 heavy (non-hydrogen) atoms. The van der Waals surface area contributed by atoms with Gasteiger partial charge in [-0.15, -0.1) is 0 Å². The Bertz CT molecular complexity index is 518. The van der Waals surface area contributed by atoms with Gasteiger partial charge in [0.25, 0.3) is 0 Å². The van der Waals surface area contributed by atoms with E-state index in [1.165, 1.54) is 7.11 Å². The molecule has 1 saturated heterocycles. The molecule has 0 radical (unpaired) electrons. The van der Waals surface area contributed by atoms with Crippen LogP contribution in [0.1, 0.15) is 24.8 Å². The number of hydrogen-bond donors (Lipinski definition) is 0. The second-order valence-corrected chi connectivity index (χ2v) is 5.70. The first kappa shape index (κ1) is 15.8. The molecule has 1 aliphatic rings. The summed E-state index contributed by atoms with van der Waals surface area (Å²) in [6.07, 6.45) is 2.67. The van der Waals surface area contributed by atoms with Gasteiger partial charge in [-0.3, -0.25) is 9.59 Å². The van der Waals surface area contributed by atoms with E-state index < -0.39 is 0 Å². The summed E-state index contributed by atoms with van der Waals surface area (Å²) in [6, 6.07) is 7.55. The van der Waals surface area contributed by atoms with E-state index in [0.29, 0.717) is 24.4 Å². The predicted molar refractivity (Wildman–Crippen MR) is 81.1 cm³/mol. The van der Waals surface area contributed by atoms with Gasteiger partial charge in [-0.25, -0.2) is 0 Å². The van der Waals surface area contributed by atoms with Crippen LogP contribution >= 0.6 is 11.6 Å². The van der Waals surface area contributed by atoms with E-state index >= 15 is 0 Å². The number of carbonyl (C=O) groups is 2. The minimum Gasteiger partial charge on any atom is -0.469 e. The molecule has 4 nitrogen and oxygen atoms in total. The van der Waals surface area contributed by atoms with Crippen molar-refractivity contribution >= 4 is 23.5 Å². The zero-order valence-corrected chi connectivity index (χ0v) is 12.9. The number of halogens is 1. The van der Waals surface area contributed by atoms with Crippen LogP contribution in [-0.4, -0.2) is 37.0 Å². The second-order valence-electron chi connectivity index (χ2n) is 5.29. The largest absolute Gasteiger partial charge is 0.469 e. The number of hydrogen-bond acceptors (Lipinski definition) is 3. The van der Waals surface area contributed by atoms with Crippen LogP contribution in [0.25, 0.3) is 0 Å². The number of rotatable bonds is 4. The first-order valence-electron chi connectivity index (χ1n) is 7.21. The number of piperidine rings is 1. The lowest BCUT2D eigenvalue weighted by atomic mass is 9.97. The van der Waals surface area contributed by atoms with Gasteiger partial charge in [0.15, 0.2) is 0 Å². The predicted octanol–water partition coefficient (Wildman–Crippen LogP) is 2.68. The normalized spacial score (nSPS) is 18.4. The van der Waals surface area contributed by atoms with Crippen LogP contribution < -0.4 is 0 Å². The Balaban J connectivity index is 1.88. The summed E-state index contributed by atoms with van der Waals surface area (Å²) in [5, 5.41) is 0.691. The van der Waals surface area contributed by atoms with Crippen molar-refractivity contribution in [3.8, 4) is 0 Å². The van der Waals surface area contributed by atoms with Crippen molar-refractivity contribution in [1.29, 1.82) is 0 Å². The van der Waals surface area contributed by atoms with Crippen molar-refractivity contribution in [2.24, 2.45) is 5.92 Å². The summed E-state index contributed by atoms with van der Waals surface area (Å²) in [4.78, 5) is 25.6. The van der Waals surface area contributed by atoms with Gasteiger partial charge in [0.2, 0.25) is 5.91 Å². The van der Waals surface area contributed by atoms with Crippen LogP contribution in [0.5, 0.6) is 0 Å². The highest BCUT2D eigenvalue weighted by Crippen LogP contribution is 2.20. The average molecular weight is 310 g/mol. The Morgan fingerprint density at radius 2 is 2.14 bits per heavy atom. The van der Waals surface area contributed by atoms with Gasteiger partial charge in [0, 0.05) is 24.5 Å². The molecule has 5 heteroatoms. The van der Waals surface area contributed by atoms with E-state index in [9.17, 15) is 9.59 Å². The molecule has 1 amide bonds. The van der Waals surface area contributed by atoms with Crippen LogP contribution in [0.15, 0.2) is 24.3 Å². The second kappa shape index (κ2) is 7.46. The smallest absolute Gasteiger partial charge is 0.310 e. The standard InChI is InChI=1S/C16H20ClNO3/c1-21-16(20)13-6-4-10-18(11-13)15(19)9-8-12-5-2-3-7-14(12)17/h2-3,5,7,13H,4,6,8-11H2,1H3. The Morgan fingerprint density at radius 3 is 2.86 bits per heavy atom. The third-order valence-corrected chi connectivity index (χ3v) is 4.24. The molecule has 2 rings (SSSR count). The molecule has 0 aliphatic carbocycles.